The molecule has 2 aromatic carbocycles. The second kappa shape index (κ2) is 6.58. The van der Waals surface area contributed by atoms with Crippen molar-refractivity contribution in [3.63, 3.8) is 0 Å². The SMILES string of the molecule is CCN(CC)c1ccc(C(=O)c2cccc(Cl)c2)cc1. The third kappa shape index (κ3) is 3.20. The normalized spacial score (nSPS) is 10.3. The van der Waals surface area contributed by atoms with Crippen molar-refractivity contribution in [2.45, 2.75) is 13.8 Å². The molecule has 0 radical (unpaired) electrons. The van der Waals surface area contributed by atoms with Crippen LogP contribution in [0.25, 0.3) is 0 Å². The van der Waals surface area contributed by atoms with Crippen molar-refractivity contribution in [2.75, 3.05) is 18.0 Å². The van der Waals surface area contributed by atoms with E-state index in [2.05, 4.69) is 18.7 Å². The van der Waals surface area contributed by atoms with Crippen LogP contribution in [0.5, 0.6) is 0 Å². The van der Waals surface area contributed by atoms with Crippen molar-refractivity contribution in [1.29, 1.82) is 0 Å². The first-order valence-corrected chi connectivity index (χ1v) is 7.18. The highest BCUT2D eigenvalue weighted by molar-refractivity contribution is 6.31. The summed E-state index contributed by atoms with van der Waals surface area (Å²) >= 11 is 5.92. The smallest absolute Gasteiger partial charge is 0.193 e. The van der Waals surface area contributed by atoms with Gasteiger partial charge < -0.3 is 4.90 Å². The van der Waals surface area contributed by atoms with Crippen molar-refractivity contribution in [1.82, 2.24) is 0 Å². The predicted molar refractivity (Wildman–Crippen MR) is 84.9 cm³/mol. The summed E-state index contributed by atoms with van der Waals surface area (Å²) in [7, 11) is 0. The highest BCUT2D eigenvalue weighted by atomic mass is 35.5. The average molecular weight is 288 g/mol. The Hall–Kier alpha value is -1.80. The third-order valence-electron chi connectivity index (χ3n) is 3.34. The molecule has 2 rings (SSSR count). The fourth-order valence-corrected chi connectivity index (χ4v) is 2.40. The quantitative estimate of drug-likeness (QED) is 0.759. The number of nitrogens with zero attached hydrogens (tertiary/aromatic N) is 1. The summed E-state index contributed by atoms with van der Waals surface area (Å²) in [5.74, 6) is -0.00130. The Morgan fingerprint density at radius 2 is 1.65 bits per heavy atom. The van der Waals surface area contributed by atoms with Crippen LogP contribution in [0.15, 0.2) is 48.5 Å². The average Bonchev–Trinajstić information content (AvgIpc) is 2.48. The van der Waals surface area contributed by atoms with Crippen LogP contribution >= 0.6 is 11.6 Å². The Bertz CT molecular complexity index is 588. The number of hydrogen-bond acceptors (Lipinski definition) is 2. The highest BCUT2D eigenvalue weighted by Gasteiger charge is 2.10. The van der Waals surface area contributed by atoms with Gasteiger partial charge in [-0.15, -0.1) is 0 Å². The Morgan fingerprint density at radius 1 is 1.00 bits per heavy atom. The van der Waals surface area contributed by atoms with E-state index in [9.17, 15) is 4.79 Å². The van der Waals surface area contributed by atoms with Gasteiger partial charge in [-0.3, -0.25) is 4.79 Å². The summed E-state index contributed by atoms with van der Waals surface area (Å²) in [5.41, 5.74) is 2.44. The molecule has 0 saturated carbocycles. The number of ketones is 1. The molecule has 0 aliphatic carbocycles. The third-order valence-corrected chi connectivity index (χ3v) is 3.58. The van der Waals surface area contributed by atoms with Crippen LogP contribution in [-0.2, 0) is 0 Å². The molecule has 0 spiro atoms. The lowest BCUT2D eigenvalue weighted by molar-refractivity contribution is 0.103. The zero-order chi connectivity index (χ0) is 14.5. The molecule has 0 fully saturated rings. The van der Waals surface area contributed by atoms with Gasteiger partial charge in [0.05, 0.1) is 0 Å². The van der Waals surface area contributed by atoms with Gasteiger partial charge >= 0.3 is 0 Å². The van der Waals surface area contributed by atoms with Crippen molar-refractivity contribution < 1.29 is 4.79 Å². The lowest BCUT2D eigenvalue weighted by Gasteiger charge is -2.21. The van der Waals surface area contributed by atoms with Gasteiger partial charge in [-0.1, -0.05) is 23.7 Å². The van der Waals surface area contributed by atoms with Crippen molar-refractivity contribution in [3.05, 3.63) is 64.7 Å². The fourth-order valence-electron chi connectivity index (χ4n) is 2.21. The minimum atomic E-state index is -0.00130. The summed E-state index contributed by atoms with van der Waals surface area (Å²) in [4.78, 5) is 14.6. The lowest BCUT2D eigenvalue weighted by atomic mass is 10.0. The number of carbonyl (C=O) groups is 1. The number of rotatable bonds is 5. The van der Waals surface area contributed by atoms with E-state index in [-0.39, 0.29) is 5.78 Å². The molecule has 0 aromatic heterocycles. The molecule has 0 amide bonds. The standard InChI is InChI=1S/C17H18ClNO/c1-3-19(4-2)16-10-8-13(9-11-16)17(20)14-6-5-7-15(18)12-14/h5-12H,3-4H2,1-2H3. The maximum absolute atomic E-state index is 12.3. The van der Waals surface area contributed by atoms with Crippen molar-refractivity contribution in [3.8, 4) is 0 Å². The summed E-state index contributed by atoms with van der Waals surface area (Å²) in [6.07, 6.45) is 0. The summed E-state index contributed by atoms with van der Waals surface area (Å²) in [6.45, 7) is 6.15. The second-order valence-electron chi connectivity index (χ2n) is 4.56. The fraction of sp³-hybridized carbons (Fsp3) is 0.235. The van der Waals surface area contributed by atoms with Gasteiger partial charge in [-0.2, -0.15) is 0 Å². The number of carbonyl (C=O) groups excluding carboxylic acids is 1. The summed E-state index contributed by atoms with van der Waals surface area (Å²) in [5, 5.41) is 0.579. The predicted octanol–water partition coefficient (Wildman–Crippen LogP) is 4.42. The minimum Gasteiger partial charge on any atom is -0.372 e. The molecule has 104 valence electrons. The molecule has 0 unspecified atom stereocenters. The van der Waals surface area contributed by atoms with E-state index in [0.29, 0.717) is 16.1 Å². The van der Waals surface area contributed by atoms with Crippen LogP contribution in [0, 0.1) is 0 Å². The van der Waals surface area contributed by atoms with Gasteiger partial charge in [0.15, 0.2) is 5.78 Å². The van der Waals surface area contributed by atoms with Crippen molar-refractivity contribution in [2.24, 2.45) is 0 Å². The molecule has 2 aromatic rings. The van der Waals surface area contributed by atoms with Gasteiger partial charge in [-0.25, -0.2) is 0 Å². The second-order valence-corrected chi connectivity index (χ2v) is 5.00. The summed E-state index contributed by atoms with van der Waals surface area (Å²) < 4.78 is 0. The molecule has 20 heavy (non-hydrogen) atoms. The van der Waals surface area contributed by atoms with Gasteiger partial charge in [0.25, 0.3) is 0 Å². The van der Waals surface area contributed by atoms with E-state index in [4.69, 9.17) is 11.6 Å². The van der Waals surface area contributed by atoms with Gasteiger partial charge in [0.1, 0.15) is 0 Å². The van der Waals surface area contributed by atoms with Gasteiger partial charge in [0.2, 0.25) is 0 Å². The van der Waals surface area contributed by atoms with E-state index in [1.54, 1.807) is 24.3 Å². The molecule has 0 saturated heterocycles. The molecular formula is C17H18ClNO. The minimum absolute atomic E-state index is 0.00130. The zero-order valence-corrected chi connectivity index (χ0v) is 12.5. The van der Waals surface area contributed by atoms with E-state index < -0.39 is 0 Å². The molecule has 0 atom stereocenters. The summed E-state index contributed by atoms with van der Waals surface area (Å²) in [6, 6.07) is 14.8. The number of anilines is 1. The molecule has 0 N–H and O–H groups in total. The number of benzene rings is 2. The number of halogens is 1. The maximum Gasteiger partial charge on any atom is 0.193 e. The maximum atomic E-state index is 12.3. The van der Waals surface area contributed by atoms with Crippen LogP contribution in [-0.4, -0.2) is 18.9 Å². The Balaban J connectivity index is 2.24. The van der Waals surface area contributed by atoms with Gasteiger partial charge in [-0.05, 0) is 50.2 Å². The molecule has 0 bridgehead atoms. The first-order valence-electron chi connectivity index (χ1n) is 6.81. The van der Waals surface area contributed by atoms with Crippen LogP contribution in [0.3, 0.4) is 0 Å². The molecular weight excluding hydrogens is 270 g/mol. The van der Waals surface area contributed by atoms with Crippen molar-refractivity contribution >= 4 is 23.1 Å². The Labute approximate surface area is 125 Å². The first kappa shape index (κ1) is 14.6. The molecule has 3 heteroatoms. The monoisotopic (exact) mass is 287 g/mol. The highest BCUT2D eigenvalue weighted by Crippen LogP contribution is 2.18. The largest absolute Gasteiger partial charge is 0.372 e. The van der Waals surface area contributed by atoms with E-state index >= 15 is 0 Å². The molecule has 0 heterocycles. The van der Waals surface area contributed by atoms with Crippen LogP contribution in [0.4, 0.5) is 5.69 Å². The lowest BCUT2D eigenvalue weighted by Crippen LogP contribution is -2.21. The first-order chi connectivity index (χ1) is 9.65. The zero-order valence-electron chi connectivity index (χ0n) is 11.8. The molecule has 0 aliphatic heterocycles. The van der Waals surface area contributed by atoms with Crippen LogP contribution in [0.2, 0.25) is 5.02 Å². The van der Waals surface area contributed by atoms with E-state index in [1.165, 1.54) is 0 Å². The van der Waals surface area contributed by atoms with Gasteiger partial charge in [0, 0.05) is 34.9 Å². The van der Waals surface area contributed by atoms with E-state index in [0.717, 1.165) is 18.8 Å². The van der Waals surface area contributed by atoms with Crippen LogP contribution < -0.4 is 4.90 Å². The van der Waals surface area contributed by atoms with Crippen LogP contribution in [0.1, 0.15) is 29.8 Å². The number of hydrogen-bond donors (Lipinski definition) is 0. The Kier molecular flexibility index (Phi) is 4.80. The Morgan fingerprint density at radius 3 is 2.20 bits per heavy atom. The molecule has 0 aliphatic rings. The molecule has 2 nitrogen and oxygen atoms in total. The van der Waals surface area contributed by atoms with E-state index in [1.807, 2.05) is 24.3 Å². The topological polar surface area (TPSA) is 20.3 Å².